The molecule has 0 radical (unpaired) electrons. The molecule has 35 heavy (non-hydrogen) atoms. The van der Waals surface area contributed by atoms with Gasteiger partial charge in [0, 0.05) is 70.2 Å². The highest BCUT2D eigenvalue weighted by molar-refractivity contribution is 5.64. The van der Waals surface area contributed by atoms with Gasteiger partial charge >= 0.3 is 0 Å². The molecule has 192 valence electrons. The number of piperazine rings is 1. The molecule has 0 bridgehead atoms. The number of hydrogen-bond acceptors (Lipinski definition) is 9. The van der Waals surface area contributed by atoms with Crippen molar-refractivity contribution in [3.05, 3.63) is 30.3 Å². The van der Waals surface area contributed by atoms with Crippen LogP contribution in [0.4, 0.5) is 11.6 Å². The molecule has 0 spiro atoms. The molecule has 4 rings (SSSR count). The van der Waals surface area contributed by atoms with Gasteiger partial charge in [-0.25, -0.2) is 9.97 Å². The third-order valence-electron chi connectivity index (χ3n) is 7.06. The summed E-state index contributed by atoms with van der Waals surface area (Å²) in [4.78, 5) is 17.0. The van der Waals surface area contributed by atoms with Crippen LogP contribution in [0.5, 0.6) is 5.75 Å². The van der Waals surface area contributed by atoms with Gasteiger partial charge in [-0.15, -0.1) is 0 Å². The zero-order chi connectivity index (χ0) is 24.8. The van der Waals surface area contributed by atoms with Gasteiger partial charge < -0.3 is 34.6 Å². The summed E-state index contributed by atoms with van der Waals surface area (Å²) in [6, 6.07) is 10.8. The number of aliphatic hydroxyl groups excluding tert-OH is 1. The van der Waals surface area contributed by atoms with E-state index in [0.717, 1.165) is 62.9 Å². The minimum atomic E-state index is -0.567. The summed E-state index contributed by atoms with van der Waals surface area (Å²) >= 11 is 0. The fraction of sp³-hybridized carbons (Fsp3) is 0.615. The monoisotopic (exact) mass is 484 g/mol. The van der Waals surface area contributed by atoms with Gasteiger partial charge in [-0.3, -0.25) is 0 Å². The van der Waals surface area contributed by atoms with Gasteiger partial charge in [-0.1, -0.05) is 12.1 Å². The lowest BCUT2D eigenvalue weighted by Gasteiger charge is -2.39. The number of likely N-dealkylation sites (N-methyl/N-ethyl adjacent to an activating group) is 2. The van der Waals surface area contributed by atoms with Crippen LogP contribution in [0.3, 0.4) is 0 Å². The highest BCUT2D eigenvalue weighted by atomic mass is 16.5. The summed E-state index contributed by atoms with van der Waals surface area (Å²) in [6.07, 6.45) is 1.42. The van der Waals surface area contributed by atoms with Crippen LogP contribution in [0.2, 0.25) is 0 Å². The zero-order valence-electron chi connectivity index (χ0n) is 21.5. The maximum absolute atomic E-state index is 10.0. The van der Waals surface area contributed by atoms with E-state index in [2.05, 4.69) is 47.1 Å². The Balaban J connectivity index is 1.63. The lowest BCUT2D eigenvalue weighted by atomic mass is 10.1. The van der Waals surface area contributed by atoms with Crippen molar-refractivity contribution >= 4 is 11.6 Å². The molecule has 1 unspecified atom stereocenters. The van der Waals surface area contributed by atoms with Crippen LogP contribution in [0, 0.1) is 0 Å². The SMILES string of the molecule is CNCC(O)COc1cccc(-c2nc(N3CCN(C)[C@@H](C)C3)cc(N(C)C3CCOCC3)n2)c1. The van der Waals surface area contributed by atoms with Gasteiger partial charge in [0.05, 0.1) is 0 Å². The van der Waals surface area contributed by atoms with Gasteiger partial charge in [0.2, 0.25) is 0 Å². The molecule has 2 atom stereocenters. The van der Waals surface area contributed by atoms with Crippen LogP contribution in [-0.4, -0.2) is 105 Å². The van der Waals surface area contributed by atoms with Gasteiger partial charge in [-0.05, 0) is 46.0 Å². The summed E-state index contributed by atoms with van der Waals surface area (Å²) in [5, 5.41) is 13.0. The molecule has 2 N–H and O–H groups in total. The summed E-state index contributed by atoms with van der Waals surface area (Å²) in [7, 11) is 6.11. The lowest BCUT2D eigenvalue weighted by Crippen LogP contribution is -2.50. The molecule has 9 heteroatoms. The number of hydrogen-bond donors (Lipinski definition) is 2. The van der Waals surface area contributed by atoms with E-state index in [0.29, 0.717) is 30.2 Å². The Hall–Kier alpha value is -2.46. The largest absolute Gasteiger partial charge is 0.491 e. The molecule has 3 heterocycles. The van der Waals surface area contributed by atoms with Crippen molar-refractivity contribution in [2.24, 2.45) is 0 Å². The third kappa shape index (κ3) is 6.61. The highest BCUT2D eigenvalue weighted by Crippen LogP contribution is 2.29. The van der Waals surface area contributed by atoms with Crippen molar-refractivity contribution in [2.75, 3.05) is 76.9 Å². The zero-order valence-corrected chi connectivity index (χ0v) is 21.5. The predicted octanol–water partition coefficient (Wildman–Crippen LogP) is 1.86. The van der Waals surface area contributed by atoms with E-state index in [1.165, 1.54) is 0 Å². The second-order valence-corrected chi connectivity index (χ2v) is 9.69. The van der Waals surface area contributed by atoms with Crippen molar-refractivity contribution in [2.45, 2.75) is 38.0 Å². The Morgan fingerprint density at radius 2 is 2.03 bits per heavy atom. The first-order valence-corrected chi connectivity index (χ1v) is 12.7. The van der Waals surface area contributed by atoms with Crippen molar-refractivity contribution < 1.29 is 14.6 Å². The van der Waals surface area contributed by atoms with Crippen LogP contribution < -0.4 is 19.9 Å². The maximum Gasteiger partial charge on any atom is 0.163 e. The fourth-order valence-electron chi connectivity index (χ4n) is 4.62. The highest BCUT2D eigenvalue weighted by Gasteiger charge is 2.25. The molecule has 2 aliphatic heterocycles. The first-order valence-electron chi connectivity index (χ1n) is 12.7. The van der Waals surface area contributed by atoms with Crippen LogP contribution in [0.15, 0.2) is 30.3 Å². The van der Waals surface area contributed by atoms with E-state index in [4.69, 9.17) is 19.4 Å². The summed E-state index contributed by atoms with van der Waals surface area (Å²) in [5.41, 5.74) is 0.899. The molecular formula is C26H40N6O3. The average Bonchev–Trinajstić information content (AvgIpc) is 2.89. The smallest absolute Gasteiger partial charge is 0.163 e. The predicted molar refractivity (Wildman–Crippen MR) is 139 cm³/mol. The topological polar surface area (TPSA) is 86.2 Å². The van der Waals surface area contributed by atoms with E-state index in [1.807, 2.05) is 31.3 Å². The molecular weight excluding hydrogens is 444 g/mol. The van der Waals surface area contributed by atoms with E-state index < -0.39 is 6.10 Å². The maximum atomic E-state index is 10.0. The molecule has 2 aromatic rings. The van der Waals surface area contributed by atoms with E-state index in [9.17, 15) is 5.11 Å². The Morgan fingerprint density at radius 3 is 2.77 bits per heavy atom. The molecule has 0 saturated carbocycles. The Morgan fingerprint density at radius 1 is 1.23 bits per heavy atom. The molecule has 9 nitrogen and oxygen atoms in total. The molecule has 0 amide bonds. The van der Waals surface area contributed by atoms with Crippen molar-refractivity contribution in [1.29, 1.82) is 0 Å². The number of nitrogens with zero attached hydrogens (tertiary/aromatic N) is 5. The second-order valence-electron chi connectivity index (χ2n) is 9.69. The van der Waals surface area contributed by atoms with Crippen LogP contribution in [-0.2, 0) is 4.74 Å². The Bertz CT molecular complexity index is 934. The van der Waals surface area contributed by atoms with Crippen molar-refractivity contribution in [3.8, 4) is 17.1 Å². The summed E-state index contributed by atoms with van der Waals surface area (Å²) in [5.74, 6) is 3.27. The number of rotatable bonds is 9. The molecule has 1 aromatic heterocycles. The Kier molecular flexibility index (Phi) is 8.78. The minimum absolute atomic E-state index is 0.224. The Labute approximate surface area is 209 Å². The van der Waals surface area contributed by atoms with Crippen LogP contribution >= 0.6 is 0 Å². The van der Waals surface area contributed by atoms with E-state index >= 15 is 0 Å². The molecule has 2 saturated heterocycles. The molecule has 2 fully saturated rings. The lowest BCUT2D eigenvalue weighted by molar-refractivity contribution is 0.0853. The molecule has 2 aliphatic rings. The number of anilines is 2. The van der Waals surface area contributed by atoms with Gasteiger partial charge in [0.15, 0.2) is 5.82 Å². The number of benzene rings is 1. The van der Waals surface area contributed by atoms with Crippen LogP contribution in [0.1, 0.15) is 19.8 Å². The van der Waals surface area contributed by atoms with Gasteiger partial charge in [0.1, 0.15) is 30.1 Å². The number of ether oxygens (including phenoxy) is 2. The van der Waals surface area contributed by atoms with Crippen molar-refractivity contribution in [1.82, 2.24) is 20.2 Å². The number of nitrogens with one attached hydrogen (secondary N) is 1. The average molecular weight is 485 g/mol. The first-order chi connectivity index (χ1) is 16.9. The number of aromatic nitrogens is 2. The standard InChI is InChI=1S/C26H40N6O3/c1-19-17-32(11-10-30(19)3)25-15-24(31(4)21-8-12-34-13-9-21)28-26(29-25)20-6-5-7-23(14-20)35-18-22(33)16-27-2/h5-7,14-15,19,21-22,27,33H,8-13,16-18H2,1-4H3/t19-,22?/m0/s1. The van der Waals surface area contributed by atoms with Gasteiger partial charge in [-0.2, -0.15) is 0 Å². The molecule has 1 aromatic carbocycles. The summed E-state index contributed by atoms with van der Waals surface area (Å²) in [6.45, 7) is 7.40. The number of aliphatic hydroxyl groups is 1. The second kappa shape index (κ2) is 12.0. The summed E-state index contributed by atoms with van der Waals surface area (Å²) < 4.78 is 11.4. The van der Waals surface area contributed by atoms with Gasteiger partial charge in [0.25, 0.3) is 0 Å². The molecule has 0 aliphatic carbocycles. The fourth-order valence-corrected chi connectivity index (χ4v) is 4.62. The van der Waals surface area contributed by atoms with Crippen LogP contribution in [0.25, 0.3) is 11.4 Å². The first kappa shape index (κ1) is 25.6. The normalized spacial score (nSPS) is 20.6. The van der Waals surface area contributed by atoms with Crippen molar-refractivity contribution in [3.63, 3.8) is 0 Å². The minimum Gasteiger partial charge on any atom is -0.491 e. The van der Waals surface area contributed by atoms with E-state index in [1.54, 1.807) is 0 Å². The van der Waals surface area contributed by atoms with E-state index in [-0.39, 0.29) is 6.61 Å². The quantitative estimate of drug-likeness (QED) is 0.554. The third-order valence-corrected chi connectivity index (χ3v) is 7.06.